The van der Waals surface area contributed by atoms with Crippen LogP contribution in [0.5, 0.6) is 0 Å². The molecule has 0 saturated carbocycles. The van der Waals surface area contributed by atoms with Crippen LogP contribution in [0.1, 0.15) is 47.0 Å². The molecule has 1 unspecified atom stereocenters. The van der Waals surface area contributed by atoms with Crippen LogP contribution in [0.3, 0.4) is 0 Å². The Bertz CT molecular complexity index is 227. The molecule has 102 valence electrons. The summed E-state index contributed by atoms with van der Waals surface area (Å²) in [6.45, 7) is 9.08. The highest BCUT2D eigenvalue weighted by molar-refractivity contribution is 5.81. The third kappa shape index (κ3) is 8.16. The molecule has 0 bridgehead atoms. The summed E-state index contributed by atoms with van der Waals surface area (Å²) in [5.41, 5.74) is 5.81. The summed E-state index contributed by atoms with van der Waals surface area (Å²) >= 11 is 0. The first-order chi connectivity index (χ1) is 7.78. The van der Waals surface area contributed by atoms with Crippen molar-refractivity contribution in [3.05, 3.63) is 0 Å². The third-order valence-corrected chi connectivity index (χ3v) is 2.81. The molecule has 0 fully saturated rings. The Labute approximate surface area is 105 Å². The molecule has 0 aromatic rings. The minimum Gasteiger partial charge on any atom is -0.396 e. The molecule has 0 radical (unpaired) electrons. The third-order valence-electron chi connectivity index (χ3n) is 2.81. The van der Waals surface area contributed by atoms with Gasteiger partial charge in [0, 0.05) is 13.2 Å². The molecule has 1 atom stereocenters. The highest BCUT2D eigenvalue weighted by atomic mass is 16.2. The van der Waals surface area contributed by atoms with Crippen LogP contribution >= 0.6 is 0 Å². The molecule has 0 aliphatic carbocycles. The molecule has 0 aliphatic rings. The summed E-state index contributed by atoms with van der Waals surface area (Å²) in [5.74, 6) is 0.355. The van der Waals surface area contributed by atoms with Crippen LogP contribution in [0.4, 0.5) is 0 Å². The standard InChI is InChI=1S/C13H28N2O2/c1-10(2)8-11(14)12(17)15-9-13(3,4)6-5-7-16/h10-11,16H,5-9,14H2,1-4H3,(H,15,17). The molecule has 4 N–H and O–H groups in total. The van der Waals surface area contributed by atoms with Gasteiger partial charge >= 0.3 is 0 Å². The van der Waals surface area contributed by atoms with Gasteiger partial charge in [-0.3, -0.25) is 4.79 Å². The van der Waals surface area contributed by atoms with E-state index in [1.807, 2.05) is 0 Å². The van der Waals surface area contributed by atoms with Crippen molar-refractivity contribution in [2.75, 3.05) is 13.2 Å². The summed E-state index contributed by atoms with van der Waals surface area (Å²) in [5, 5.41) is 11.7. The zero-order valence-corrected chi connectivity index (χ0v) is 11.6. The number of hydrogen-bond acceptors (Lipinski definition) is 3. The van der Waals surface area contributed by atoms with Crippen LogP contribution in [0.2, 0.25) is 0 Å². The van der Waals surface area contributed by atoms with Crippen LogP contribution in [0.25, 0.3) is 0 Å². The minimum atomic E-state index is -0.413. The number of rotatable bonds is 8. The van der Waals surface area contributed by atoms with Crippen molar-refractivity contribution >= 4 is 5.91 Å². The average molecular weight is 244 g/mol. The molecule has 0 rings (SSSR count). The number of hydrogen-bond donors (Lipinski definition) is 3. The Kier molecular flexibility index (Phi) is 7.39. The van der Waals surface area contributed by atoms with E-state index >= 15 is 0 Å². The fraction of sp³-hybridized carbons (Fsp3) is 0.923. The smallest absolute Gasteiger partial charge is 0.236 e. The maximum absolute atomic E-state index is 11.7. The lowest BCUT2D eigenvalue weighted by molar-refractivity contribution is -0.123. The van der Waals surface area contributed by atoms with Gasteiger partial charge in [-0.15, -0.1) is 0 Å². The molecule has 4 nitrogen and oxygen atoms in total. The van der Waals surface area contributed by atoms with Crippen molar-refractivity contribution in [2.24, 2.45) is 17.1 Å². The number of aliphatic hydroxyl groups excluding tert-OH is 1. The second kappa shape index (κ2) is 7.67. The zero-order valence-electron chi connectivity index (χ0n) is 11.6. The van der Waals surface area contributed by atoms with Crippen molar-refractivity contribution in [2.45, 2.75) is 53.0 Å². The minimum absolute atomic E-state index is 0.00986. The largest absolute Gasteiger partial charge is 0.396 e. The van der Waals surface area contributed by atoms with Gasteiger partial charge < -0.3 is 16.2 Å². The van der Waals surface area contributed by atoms with Crippen LogP contribution < -0.4 is 11.1 Å². The summed E-state index contributed by atoms with van der Waals surface area (Å²) in [4.78, 5) is 11.7. The Balaban J connectivity index is 3.97. The lowest BCUT2D eigenvalue weighted by Gasteiger charge is -2.25. The lowest BCUT2D eigenvalue weighted by Crippen LogP contribution is -2.44. The van der Waals surface area contributed by atoms with Crippen LogP contribution in [0.15, 0.2) is 0 Å². The molecular formula is C13H28N2O2. The van der Waals surface area contributed by atoms with Crippen LogP contribution in [-0.2, 0) is 4.79 Å². The summed E-state index contributed by atoms with van der Waals surface area (Å²) < 4.78 is 0. The highest BCUT2D eigenvalue weighted by Gasteiger charge is 2.21. The van der Waals surface area contributed by atoms with Gasteiger partial charge in [0.15, 0.2) is 0 Å². The molecule has 0 saturated heterocycles. The maximum Gasteiger partial charge on any atom is 0.236 e. The van der Waals surface area contributed by atoms with E-state index in [4.69, 9.17) is 10.8 Å². The topological polar surface area (TPSA) is 75.4 Å². The SMILES string of the molecule is CC(C)CC(N)C(=O)NCC(C)(C)CCCO. The number of aliphatic hydroxyl groups is 1. The normalized spacial score (nSPS) is 13.8. The van der Waals surface area contributed by atoms with Gasteiger partial charge in [0.25, 0.3) is 0 Å². The van der Waals surface area contributed by atoms with E-state index in [9.17, 15) is 4.79 Å². The fourth-order valence-electron chi connectivity index (χ4n) is 1.72. The first kappa shape index (κ1) is 16.4. The van der Waals surface area contributed by atoms with Gasteiger partial charge in [0.2, 0.25) is 5.91 Å². The summed E-state index contributed by atoms with van der Waals surface area (Å²) in [7, 11) is 0. The molecule has 1 amide bonds. The van der Waals surface area contributed by atoms with E-state index < -0.39 is 6.04 Å². The molecule has 17 heavy (non-hydrogen) atoms. The van der Waals surface area contributed by atoms with Gasteiger partial charge in [-0.1, -0.05) is 27.7 Å². The quantitative estimate of drug-likeness (QED) is 0.602. The van der Waals surface area contributed by atoms with Crippen molar-refractivity contribution in [1.82, 2.24) is 5.32 Å². The van der Waals surface area contributed by atoms with E-state index in [1.165, 1.54) is 0 Å². The Morgan fingerprint density at radius 2 is 2.00 bits per heavy atom. The Morgan fingerprint density at radius 3 is 2.47 bits per heavy atom. The number of nitrogens with one attached hydrogen (secondary N) is 1. The van der Waals surface area contributed by atoms with Gasteiger partial charge in [-0.05, 0) is 30.6 Å². The van der Waals surface area contributed by atoms with E-state index in [0.29, 0.717) is 18.9 Å². The molecule has 0 spiro atoms. The van der Waals surface area contributed by atoms with E-state index in [0.717, 1.165) is 12.8 Å². The van der Waals surface area contributed by atoms with Gasteiger partial charge in [-0.25, -0.2) is 0 Å². The maximum atomic E-state index is 11.7. The predicted molar refractivity (Wildman–Crippen MR) is 70.5 cm³/mol. The van der Waals surface area contributed by atoms with Gasteiger partial charge in [-0.2, -0.15) is 0 Å². The Hall–Kier alpha value is -0.610. The molecule has 0 aromatic carbocycles. The van der Waals surface area contributed by atoms with Crippen molar-refractivity contribution in [3.8, 4) is 0 Å². The van der Waals surface area contributed by atoms with Crippen molar-refractivity contribution < 1.29 is 9.90 Å². The van der Waals surface area contributed by atoms with Crippen LogP contribution in [-0.4, -0.2) is 30.2 Å². The summed E-state index contributed by atoms with van der Waals surface area (Å²) in [6, 6.07) is -0.413. The lowest BCUT2D eigenvalue weighted by atomic mass is 9.88. The number of carbonyl (C=O) groups is 1. The van der Waals surface area contributed by atoms with E-state index in [1.54, 1.807) is 0 Å². The van der Waals surface area contributed by atoms with Crippen molar-refractivity contribution in [3.63, 3.8) is 0 Å². The zero-order chi connectivity index (χ0) is 13.5. The molecule has 0 heterocycles. The first-order valence-corrected chi connectivity index (χ1v) is 6.42. The number of carbonyl (C=O) groups excluding carboxylic acids is 1. The number of amides is 1. The summed E-state index contributed by atoms with van der Waals surface area (Å²) in [6.07, 6.45) is 2.37. The van der Waals surface area contributed by atoms with Gasteiger partial charge in [0.05, 0.1) is 6.04 Å². The molecular weight excluding hydrogens is 216 g/mol. The van der Waals surface area contributed by atoms with Crippen molar-refractivity contribution in [1.29, 1.82) is 0 Å². The molecule has 4 heteroatoms. The monoisotopic (exact) mass is 244 g/mol. The molecule has 0 aromatic heterocycles. The first-order valence-electron chi connectivity index (χ1n) is 6.42. The molecule has 0 aliphatic heterocycles. The van der Waals surface area contributed by atoms with E-state index in [2.05, 4.69) is 33.0 Å². The van der Waals surface area contributed by atoms with E-state index in [-0.39, 0.29) is 17.9 Å². The highest BCUT2D eigenvalue weighted by Crippen LogP contribution is 2.20. The Morgan fingerprint density at radius 1 is 1.41 bits per heavy atom. The second-order valence-corrected chi connectivity index (χ2v) is 5.95. The average Bonchev–Trinajstić information content (AvgIpc) is 2.22. The predicted octanol–water partition coefficient (Wildman–Crippen LogP) is 1.27. The van der Waals surface area contributed by atoms with Gasteiger partial charge in [0.1, 0.15) is 0 Å². The second-order valence-electron chi connectivity index (χ2n) is 5.95. The number of nitrogens with two attached hydrogens (primary N) is 1. The van der Waals surface area contributed by atoms with Crippen LogP contribution in [0, 0.1) is 11.3 Å². The fourth-order valence-corrected chi connectivity index (χ4v) is 1.72.